The molecule has 0 saturated carbocycles. The second kappa shape index (κ2) is 9.42. The molecular formula is C15H18Cl2N4O3S3. The third-order valence-electron chi connectivity index (χ3n) is 3.38. The van der Waals surface area contributed by atoms with Crippen LogP contribution in [0.2, 0.25) is 10.0 Å². The van der Waals surface area contributed by atoms with Crippen LogP contribution < -0.4 is 9.62 Å². The highest BCUT2D eigenvalue weighted by Gasteiger charge is 2.33. The van der Waals surface area contributed by atoms with Gasteiger partial charge in [-0.3, -0.25) is 14.4 Å². The van der Waals surface area contributed by atoms with Crippen molar-refractivity contribution in [1.82, 2.24) is 10.2 Å². The van der Waals surface area contributed by atoms with Crippen molar-refractivity contribution in [3.63, 3.8) is 0 Å². The van der Waals surface area contributed by atoms with Gasteiger partial charge >= 0.3 is 0 Å². The fraction of sp³-hybridized carbons (Fsp3) is 0.400. The number of nitrogens with one attached hydrogen (secondary N) is 1. The smallest absolute Gasteiger partial charge is 0.250 e. The zero-order chi connectivity index (χ0) is 20.2. The van der Waals surface area contributed by atoms with Gasteiger partial charge in [0.25, 0.3) is 0 Å². The maximum Gasteiger partial charge on any atom is 0.250 e. The van der Waals surface area contributed by atoms with E-state index in [0.717, 1.165) is 20.7 Å². The third-order valence-corrected chi connectivity index (χ3v) is 6.95. The van der Waals surface area contributed by atoms with Gasteiger partial charge in [-0.2, -0.15) is 0 Å². The molecular weight excluding hydrogens is 451 g/mol. The quantitative estimate of drug-likeness (QED) is 0.462. The van der Waals surface area contributed by atoms with Gasteiger partial charge in [-0.05, 0) is 30.4 Å². The van der Waals surface area contributed by atoms with E-state index in [-0.39, 0.29) is 17.1 Å². The molecule has 0 unspecified atom stereocenters. The first-order valence-electron chi connectivity index (χ1n) is 7.89. The second-order valence-electron chi connectivity index (χ2n) is 5.37. The summed E-state index contributed by atoms with van der Waals surface area (Å²) in [5.74, 6) is 0.304. The van der Waals surface area contributed by atoms with Gasteiger partial charge in [0, 0.05) is 5.02 Å². The standard InChI is InChI=1S/C15H18Cl2N4O3S3/c1-4-11(13(22)18-14-19-20-15(26-14)25-5-2)21(27(3,23)24)12-8-9(16)6-7-10(12)17/h6-8,11H,4-5H2,1-3H3,(H,18,19,22)/t11-/m0/s1. The molecule has 2 aromatic rings. The Morgan fingerprint density at radius 1 is 1.33 bits per heavy atom. The lowest BCUT2D eigenvalue weighted by Crippen LogP contribution is -2.47. The Bertz CT molecular complexity index is 921. The second-order valence-corrected chi connectivity index (χ2v) is 10.6. The molecule has 148 valence electrons. The minimum absolute atomic E-state index is 0.146. The summed E-state index contributed by atoms with van der Waals surface area (Å²) >= 11 is 14.9. The third kappa shape index (κ3) is 5.71. The van der Waals surface area contributed by atoms with Crippen molar-refractivity contribution in [2.75, 3.05) is 21.6 Å². The first kappa shape index (κ1) is 22.2. The Morgan fingerprint density at radius 3 is 2.63 bits per heavy atom. The van der Waals surface area contributed by atoms with Crippen LogP contribution in [0.25, 0.3) is 0 Å². The largest absolute Gasteiger partial charge is 0.299 e. The van der Waals surface area contributed by atoms with Gasteiger partial charge in [0.2, 0.25) is 21.1 Å². The molecule has 0 aliphatic carbocycles. The molecule has 0 radical (unpaired) electrons. The van der Waals surface area contributed by atoms with Crippen LogP contribution in [0.4, 0.5) is 10.8 Å². The molecule has 0 aliphatic heterocycles. The summed E-state index contributed by atoms with van der Waals surface area (Å²) in [6, 6.07) is 3.42. The summed E-state index contributed by atoms with van der Waals surface area (Å²) in [5, 5.41) is 11.3. The Morgan fingerprint density at radius 2 is 2.04 bits per heavy atom. The van der Waals surface area contributed by atoms with Crippen LogP contribution in [0.3, 0.4) is 0 Å². The predicted octanol–water partition coefficient (Wildman–Crippen LogP) is 4.14. The Labute approximate surface area is 176 Å². The van der Waals surface area contributed by atoms with E-state index in [1.807, 2.05) is 6.92 Å². The molecule has 7 nitrogen and oxygen atoms in total. The van der Waals surface area contributed by atoms with Crippen LogP contribution in [-0.4, -0.2) is 42.6 Å². The van der Waals surface area contributed by atoms with Crippen molar-refractivity contribution in [2.45, 2.75) is 30.6 Å². The molecule has 1 N–H and O–H groups in total. The molecule has 0 spiro atoms. The normalized spacial score (nSPS) is 12.6. The van der Waals surface area contributed by atoms with E-state index in [1.54, 1.807) is 13.0 Å². The Hall–Kier alpha value is -1.07. The van der Waals surface area contributed by atoms with Crippen LogP contribution in [0.5, 0.6) is 0 Å². The summed E-state index contributed by atoms with van der Waals surface area (Å²) in [6.45, 7) is 3.69. The predicted molar refractivity (Wildman–Crippen MR) is 113 cm³/mol. The maximum atomic E-state index is 12.8. The first-order valence-corrected chi connectivity index (χ1v) is 12.3. The van der Waals surface area contributed by atoms with Crippen molar-refractivity contribution in [1.29, 1.82) is 0 Å². The van der Waals surface area contributed by atoms with E-state index in [1.165, 1.54) is 35.2 Å². The lowest BCUT2D eigenvalue weighted by Gasteiger charge is -2.30. The Balaban J connectivity index is 2.36. The number of hydrogen-bond donors (Lipinski definition) is 1. The zero-order valence-electron chi connectivity index (χ0n) is 14.8. The van der Waals surface area contributed by atoms with E-state index in [4.69, 9.17) is 23.2 Å². The molecule has 1 amide bonds. The highest BCUT2D eigenvalue weighted by Crippen LogP contribution is 2.33. The number of amides is 1. The molecule has 1 heterocycles. The number of thioether (sulfide) groups is 1. The molecule has 0 saturated heterocycles. The fourth-order valence-electron chi connectivity index (χ4n) is 2.32. The van der Waals surface area contributed by atoms with Gasteiger partial charge in [0.15, 0.2) is 4.34 Å². The molecule has 2 rings (SSSR count). The van der Waals surface area contributed by atoms with Crippen LogP contribution in [0.1, 0.15) is 20.3 Å². The van der Waals surface area contributed by atoms with Crippen LogP contribution in [0.15, 0.2) is 22.5 Å². The van der Waals surface area contributed by atoms with Gasteiger partial charge in [-0.25, -0.2) is 8.42 Å². The summed E-state index contributed by atoms with van der Waals surface area (Å²) in [5.41, 5.74) is 0.146. The number of carbonyl (C=O) groups excluding carboxylic acids is 1. The summed E-state index contributed by atoms with van der Waals surface area (Å²) in [7, 11) is -3.82. The van der Waals surface area contributed by atoms with Crippen molar-refractivity contribution >= 4 is 73.0 Å². The monoisotopic (exact) mass is 468 g/mol. The molecule has 0 aliphatic rings. The van der Waals surface area contributed by atoms with Crippen molar-refractivity contribution in [3.8, 4) is 0 Å². The van der Waals surface area contributed by atoms with Gasteiger partial charge in [-0.1, -0.05) is 60.1 Å². The highest BCUT2D eigenvalue weighted by atomic mass is 35.5. The number of sulfonamides is 1. The minimum Gasteiger partial charge on any atom is -0.299 e. The molecule has 12 heteroatoms. The van der Waals surface area contributed by atoms with Crippen LogP contribution in [0, 0.1) is 0 Å². The van der Waals surface area contributed by atoms with E-state index in [9.17, 15) is 13.2 Å². The summed E-state index contributed by atoms with van der Waals surface area (Å²) in [4.78, 5) is 12.8. The lowest BCUT2D eigenvalue weighted by atomic mass is 10.2. The van der Waals surface area contributed by atoms with E-state index in [2.05, 4.69) is 15.5 Å². The average molecular weight is 469 g/mol. The Kier molecular flexibility index (Phi) is 7.75. The van der Waals surface area contributed by atoms with E-state index >= 15 is 0 Å². The number of rotatable bonds is 8. The molecule has 0 fully saturated rings. The summed E-state index contributed by atoms with van der Waals surface area (Å²) < 4.78 is 26.6. The average Bonchev–Trinajstić information content (AvgIpc) is 3.01. The number of nitrogens with zero attached hydrogens (tertiary/aromatic N) is 3. The lowest BCUT2D eigenvalue weighted by molar-refractivity contribution is -0.117. The van der Waals surface area contributed by atoms with Crippen molar-refractivity contribution < 1.29 is 13.2 Å². The zero-order valence-corrected chi connectivity index (χ0v) is 18.7. The number of hydrogen-bond acceptors (Lipinski definition) is 7. The number of aromatic nitrogens is 2. The molecule has 0 bridgehead atoms. The van der Waals surface area contributed by atoms with Crippen LogP contribution >= 0.6 is 46.3 Å². The summed E-state index contributed by atoms with van der Waals surface area (Å²) in [6.07, 6.45) is 1.23. The maximum absolute atomic E-state index is 12.8. The van der Waals surface area contributed by atoms with Crippen LogP contribution in [-0.2, 0) is 14.8 Å². The van der Waals surface area contributed by atoms with E-state index < -0.39 is 22.0 Å². The SMILES string of the molecule is CCSc1nnc(NC(=O)[C@H](CC)N(c2cc(Cl)ccc2Cl)S(C)(=O)=O)s1. The number of benzene rings is 1. The molecule has 1 aromatic carbocycles. The fourth-order valence-corrected chi connectivity index (χ4v) is 5.61. The number of halogens is 2. The highest BCUT2D eigenvalue weighted by molar-refractivity contribution is 8.01. The molecule has 1 aromatic heterocycles. The van der Waals surface area contributed by atoms with Crippen molar-refractivity contribution in [3.05, 3.63) is 28.2 Å². The minimum atomic E-state index is -3.82. The van der Waals surface area contributed by atoms with Crippen molar-refractivity contribution in [2.24, 2.45) is 0 Å². The number of carbonyl (C=O) groups is 1. The topological polar surface area (TPSA) is 92.3 Å². The van der Waals surface area contributed by atoms with Gasteiger partial charge in [-0.15, -0.1) is 10.2 Å². The molecule has 27 heavy (non-hydrogen) atoms. The molecule has 1 atom stereocenters. The first-order chi connectivity index (χ1) is 12.7. The number of anilines is 2. The van der Waals surface area contributed by atoms with Gasteiger partial charge in [0.1, 0.15) is 6.04 Å². The van der Waals surface area contributed by atoms with Gasteiger partial charge < -0.3 is 0 Å². The van der Waals surface area contributed by atoms with E-state index in [0.29, 0.717) is 10.2 Å². The van der Waals surface area contributed by atoms with Gasteiger partial charge in [0.05, 0.1) is 17.0 Å².